The standard InChI is InChI=1S/C14H9N3O/c18-14-10-5-3-7-15-13(10)12-8-9-4-1-2-6-11(9)17(12)16-14/h1-8H,(H,16,18). The number of aromatic amines is 1. The molecule has 0 bridgehead atoms. The summed E-state index contributed by atoms with van der Waals surface area (Å²) in [5, 5.41) is 4.58. The van der Waals surface area contributed by atoms with Crippen LogP contribution in [0.25, 0.3) is 27.3 Å². The molecule has 0 amide bonds. The molecule has 0 radical (unpaired) electrons. The maximum atomic E-state index is 12.0. The molecule has 0 saturated carbocycles. The van der Waals surface area contributed by atoms with Crippen LogP contribution >= 0.6 is 0 Å². The third-order valence-electron chi connectivity index (χ3n) is 3.22. The molecule has 3 heterocycles. The van der Waals surface area contributed by atoms with Gasteiger partial charge in [-0.1, -0.05) is 18.2 Å². The molecule has 0 aliphatic rings. The molecule has 0 fully saturated rings. The first-order valence-corrected chi connectivity index (χ1v) is 5.72. The zero-order valence-electron chi connectivity index (χ0n) is 9.42. The van der Waals surface area contributed by atoms with Crippen LogP contribution in [-0.2, 0) is 0 Å². The first kappa shape index (κ1) is 9.41. The van der Waals surface area contributed by atoms with Crippen LogP contribution in [0.3, 0.4) is 0 Å². The van der Waals surface area contributed by atoms with Gasteiger partial charge in [0.1, 0.15) is 5.52 Å². The summed E-state index contributed by atoms with van der Waals surface area (Å²) in [5.74, 6) is 0. The van der Waals surface area contributed by atoms with Gasteiger partial charge in [0.2, 0.25) is 0 Å². The topological polar surface area (TPSA) is 50.2 Å². The minimum absolute atomic E-state index is 0.119. The molecule has 0 saturated heterocycles. The fourth-order valence-corrected chi connectivity index (χ4v) is 2.40. The van der Waals surface area contributed by atoms with E-state index in [2.05, 4.69) is 10.1 Å². The molecule has 0 aliphatic carbocycles. The summed E-state index contributed by atoms with van der Waals surface area (Å²) in [6.45, 7) is 0. The molecule has 1 N–H and O–H groups in total. The van der Waals surface area contributed by atoms with Crippen molar-refractivity contribution >= 4 is 27.3 Å². The monoisotopic (exact) mass is 235 g/mol. The van der Waals surface area contributed by atoms with E-state index in [0.717, 1.165) is 21.9 Å². The quantitative estimate of drug-likeness (QED) is 0.508. The molecule has 86 valence electrons. The first-order chi connectivity index (χ1) is 8.84. The summed E-state index contributed by atoms with van der Waals surface area (Å²) in [6.07, 6.45) is 1.71. The van der Waals surface area contributed by atoms with E-state index in [1.54, 1.807) is 22.8 Å². The van der Waals surface area contributed by atoms with Crippen LogP contribution in [0.4, 0.5) is 0 Å². The van der Waals surface area contributed by atoms with Crippen molar-refractivity contribution in [3.05, 3.63) is 59.0 Å². The maximum Gasteiger partial charge on any atom is 0.272 e. The van der Waals surface area contributed by atoms with E-state index in [9.17, 15) is 4.79 Å². The Hall–Kier alpha value is -2.62. The van der Waals surface area contributed by atoms with Crippen LogP contribution in [0.2, 0.25) is 0 Å². The van der Waals surface area contributed by atoms with Crippen LogP contribution in [0, 0.1) is 0 Å². The number of pyridine rings is 1. The molecule has 3 aromatic heterocycles. The number of para-hydroxylation sites is 1. The Morgan fingerprint density at radius 1 is 1.06 bits per heavy atom. The normalized spacial score (nSPS) is 11.6. The van der Waals surface area contributed by atoms with Crippen molar-refractivity contribution in [1.82, 2.24) is 14.6 Å². The lowest BCUT2D eigenvalue weighted by atomic mass is 10.2. The highest BCUT2D eigenvalue weighted by Gasteiger charge is 2.09. The average Bonchev–Trinajstić information content (AvgIpc) is 2.78. The Balaban J connectivity index is 2.40. The number of aromatic nitrogens is 3. The summed E-state index contributed by atoms with van der Waals surface area (Å²) in [5.41, 5.74) is 2.52. The number of H-pyrrole nitrogens is 1. The van der Waals surface area contributed by atoms with Crippen molar-refractivity contribution in [1.29, 1.82) is 0 Å². The van der Waals surface area contributed by atoms with Gasteiger partial charge in [-0.25, -0.2) is 0 Å². The van der Waals surface area contributed by atoms with Crippen LogP contribution < -0.4 is 5.56 Å². The predicted molar refractivity (Wildman–Crippen MR) is 70.8 cm³/mol. The van der Waals surface area contributed by atoms with Crippen LogP contribution in [-0.4, -0.2) is 14.6 Å². The zero-order valence-corrected chi connectivity index (χ0v) is 9.42. The lowest BCUT2D eigenvalue weighted by Crippen LogP contribution is -2.11. The number of rotatable bonds is 0. The van der Waals surface area contributed by atoms with Gasteiger partial charge in [0.05, 0.1) is 16.4 Å². The van der Waals surface area contributed by atoms with Crippen molar-refractivity contribution in [3.8, 4) is 0 Å². The Morgan fingerprint density at radius 2 is 1.94 bits per heavy atom. The van der Waals surface area contributed by atoms with Gasteiger partial charge < -0.3 is 0 Å². The second-order valence-corrected chi connectivity index (χ2v) is 4.26. The van der Waals surface area contributed by atoms with Gasteiger partial charge in [0, 0.05) is 11.6 Å². The summed E-state index contributed by atoms with van der Waals surface area (Å²) >= 11 is 0. The van der Waals surface area contributed by atoms with Crippen molar-refractivity contribution in [2.24, 2.45) is 0 Å². The summed E-state index contributed by atoms with van der Waals surface area (Å²) < 4.78 is 1.80. The molecular weight excluding hydrogens is 226 g/mol. The molecule has 4 aromatic rings. The molecule has 0 atom stereocenters. The van der Waals surface area contributed by atoms with Gasteiger partial charge in [0.15, 0.2) is 0 Å². The van der Waals surface area contributed by atoms with E-state index < -0.39 is 0 Å². The number of hydrogen-bond acceptors (Lipinski definition) is 2. The number of nitrogens with zero attached hydrogens (tertiary/aromatic N) is 2. The van der Waals surface area contributed by atoms with Crippen molar-refractivity contribution < 1.29 is 0 Å². The fourth-order valence-electron chi connectivity index (χ4n) is 2.40. The maximum absolute atomic E-state index is 12.0. The van der Waals surface area contributed by atoms with Gasteiger partial charge in [-0.2, -0.15) is 0 Å². The summed E-state index contributed by atoms with van der Waals surface area (Å²) in [7, 11) is 0. The highest BCUT2D eigenvalue weighted by molar-refractivity contribution is 5.98. The Morgan fingerprint density at radius 3 is 2.89 bits per heavy atom. The average molecular weight is 235 g/mol. The number of benzene rings is 1. The first-order valence-electron chi connectivity index (χ1n) is 5.72. The zero-order chi connectivity index (χ0) is 12.1. The molecule has 0 spiro atoms. The lowest BCUT2D eigenvalue weighted by Gasteiger charge is -2.00. The van der Waals surface area contributed by atoms with E-state index >= 15 is 0 Å². The minimum Gasteiger partial charge on any atom is -0.267 e. The molecule has 1 aromatic carbocycles. The van der Waals surface area contributed by atoms with Gasteiger partial charge >= 0.3 is 0 Å². The third kappa shape index (κ3) is 1.09. The molecule has 0 aliphatic heterocycles. The predicted octanol–water partition coefficient (Wildman–Crippen LogP) is 2.33. The Kier molecular flexibility index (Phi) is 1.67. The van der Waals surface area contributed by atoms with Crippen molar-refractivity contribution in [3.63, 3.8) is 0 Å². The number of nitrogens with one attached hydrogen (secondary N) is 1. The summed E-state index contributed by atoms with van der Waals surface area (Å²) in [4.78, 5) is 16.3. The number of fused-ring (bicyclic) bond motifs is 5. The van der Waals surface area contributed by atoms with Gasteiger partial charge in [-0.05, 0) is 24.3 Å². The van der Waals surface area contributed by atoms with Gasteiger partial charge in [-0.15, -0.1) is 0 Å². The van der Waals surface area contributed by atoms with Crippen LogP contribution in [0.1, 0.15) is 0 Å². The second kappa shape index (κ2) is 3.20. The van der Waals surface area contributed by atoms with Crippen molar-refractivity contribution in [2.45, 2.75) is 0 Å². The SMILES string of the molecule is O=c1[nH]n2c3ccccc3cc2c2ncccc12. The largest absolute Gasteiger partial charge is 0.272 e. The van der Waals surface area contributed by atoms with E-state index in [4.69, 9.17) is 0 Å². The molecule has 4 heteroatoms. The highest BCUT2D eigenvalue weighted by atomic mass is 16.1. The van der Waals surface area contributed by atoms with Gasteiger partial charge in [-0.3, -0.25) is 19.4 Å². The molecule has 0 unspecified atom stereocenters. The Bertz CT molecular complexity index is 949. The molecule has 4 rings (SSSR count). The van der Waals surface area contributed by atoms with Gasteiger partial charge in [0.25, 0.3) is 5.56 Å². The van der Waals surface area contributed by atoms with E-state index in [-0.39, 0.29) is 5.56 Å². The van der Waals surface area contributed by atoms with Crippen molar-refractivity contribution in [2.75, 3.05) is 0 Å². The third-order valence-corrected chi connectivity index (χ3v) is 3.22. The summed E-state index contributed by atoms with van der Waals surface area (Å²) in [6, 6.07) is 13.5. The smallest absolute Gasteiger partial charge is 0.267 e. The fraction of sp³-hybridized carbons (Fsp3) is 0. The van der Waals surface area contributed by atoms with E-state index in [1.165, 1.54) is 0 Å². The van der Waals surface area contributed by atoms with E-state index in [1.807, 2.05) is 30.3 Å². The number of hydrogen-bond donors (Lipinski definition) is 1. The van der Waals surface area contributed by atoms with Crippen LogP contribution in [0.5, 0.6) is 0 Å². The molecule has 18 heavy (non-hydrogen) atoms. The second-order valence-electron chi connectivity index (χ2n) is 4.26. The lowest BCUT2D eigenvalue weighted by molar-refractivity contribution is 0.952. The Labute approximate surface area is 101 Å². The molecular formula is C14H9N3O. The van der Waals surface area contributed by atoms with Crippen LogP contribution in [0.15, 0.2) is 53.5 Å². The molecule has 4 nitrogen and oxygen atoms in total. The van der Waals surface area contributed by atoms with E-state index in [0.29, 0.717) is 5.39 Å². The highest BCUT2D eigenvalue weighted by Crippen LogP contribution is 2.22. The minimum atomic E-state index is -0.119.